The van der Waals surface area contributed by atoms with E-state index in [1.807, 2.05) is 54.4 Å². The van der Waals surface area contributed by atoms with Crippen LogP contribution in [0.5, 0.6) is 5.75 Å². The van der Waals surface area contributed by atoms with Crippen LogP contribution in [0.4, 0.5) is 11.4 Å². The number of carbonyl (C=O) groups is 2. The van der Waals surface area contributed by atoms with Gasteiger partial charge in [-0.1, -0.05) is 18.2 Å². The van der Waals surface area contributed by atoms with Gasteiger partial charge in [-0.25, -0.2) is 0 Å². The molecule has 0 saturated carbocycles. The van der Waals surface area contributed by atoms with Gasteiger partial charge in [0.15, 0.2) is 0 Å². The Bertz CT molecular complexity index is 842. The molecule has 7 nitrogen and oxygen atoms in total. The summed E-state index contributed by atoms with van der Waals surface area (Å²) < 4.78 is 5.14. The van der Waals surface area contributed by atoms with E-state index in [4.69, 9.17) is 4.74 Å². The molecular formula is C24H32N4O3. The van der Waals surface area contributed by atoms with Gasteiger partial charge in [0.25, 0.3) is 0 Å². The first-order valence-electron chi connectivity index (χ1n) is 10.8. The summed E-state index contributed by atoms with van der Waals surface area (Å²) in [5.74, 6) is 0.638. The lowest BCUT2D eigenvalue weighted by Crippen LogP contribution is -2.45. The molecule has 1 aliphatic rings. The van der Waals surface area contributed by atoms with Crippen molar-refractivity contribution in [3.63, 3.8) is 0 Å². The van der Waals surface area contributed by atoms with Crippen molar-refractivity contribution in [2.75, 3.05) is 50.6 Å². The molecule has 1 fully saturated rings. The molecule has 1 unspecified atom stereocenters. The Morgan fingerprint density at radius 2 is 1.87 bits per heavy atom. The zero-order valence-electron chi connectivity index (χ0n) is 18.3. The van der Waals surface area contributed by atoms with Gasteiger partial charge in [0.2, 0.25) is 11.8 Å². The number of amides is 2. The normalized spacial score (nSPS) is 16.0. The van der Waals surface area contributed by atoms with Gasteiger partial charge in [-0.3, -0.25) is 14.5 Å². The van der Waals surface area contributed by atoms with E-state index in [-0.39, 0.29) is 24.4 Å². The number of nitrogens with one attached hydrogen (secondary N) is 2. The Morgan fingerprint density at radius 1 is 1.13 bits per heavy atom. The Labute approximate surface area is 184 Å². The zero-order valence-corrected chi connectivity index (χ0v) is 18.3. The molecule has 1 aliphatic heterocycles. The third-order valence-corrected chi connectivity index (χ3v) is 5.56. The van der Waals surface area contributed by atoms with E-state index in [0.29, 0.717) is 6.54 Å². The summed E-state index contributed by atoms with van der Waals surface area (Å²) >= 11 is 0. The minimum atomic E-state index is -0.280. The van der Waals surface area contributed by atoms with Gasteiger partial charge in [0.1, 0.15) is 5.75 Å². The largest absolute Gasteiger partial charge is 0.497 e. The van der Waals surface area contributed by atoms with E-state index in [1.165, 1.54) is 0 Å². The van der Waals surface area contributed by atoms with Crippen molar-refractivity contribution in [1.29, 1.82) is 0 Å². The first-order valence-corrected chi connectivity index (χ1v) is 10.8. The van der Waals surface area contributed by atoms with Crippen LogP contribution in [0.15, 0.2) is 54.6 Å². The fourth-order valence-corrected chi connectivity index (χ4v) is 3.81. The van der Waals surface area contributed by atoms with E-state index >= 15 is 0 Å². The van der Waals surface area contributed by atoms with Gasteiger partial charge in [-0.15, -0.1) is 0 Å². The van der Waals surface area contributed by atoms with Crippen molar-refractivity contribution in [2.24, 2.45) is 0 Å². The molecule has 2 N–H and O–H groups in total. The van der Waals surface area contributed by atoms with Crippen LogP contribution >= 0.6 is 0 Å². The highest BCUT2D eigenvalue weighted by molar-refractivity contribution is 5.95. The fraction of sp³-hybridized carbons (Fsp3) is 0.417. The number of nitrogens with zero attached hydrogens (tertiary/aromatic N) is 2. The number of para-hydroxylation sites is 1. The van der Waals surface area contributed by atoms with E-state index in [0.717, 1.165) is 49.5 Å². The quantitative estimate of drug-likeness (QED) is 0.574. The number of methoxy groups -OCH3 is 1. The minimum Gasteiger partial charge on any atom is -0.497 e. The molecular weight excluding hydrogens is 392 g/mol. The topological polar surface area (TPSA) is 73.9 Å². The number of hydrogen-bond donors (Lipinski definition) is 2. The van der Waals surface area contributed by atoms with E-state index in [2.05, 4.69) is 27.7 Å². The predicted octanol–water partition coefficient (Wildman–Crippen LogP) is 2.74. The van der Waals surface area contributed by atoms with Crippen molar-refractivity contribution in [3.8, 4) is 5.75 Å². The number of carbonyl (C=O) groups excluding carboxylic acids is 2. The molecule has 0 spiro atoms. The summed E-state index contributed by atoms with van der Waals surface area (Å²) in [5, 5.41) is 5.93. The highest BCUT2D eigenvalue weighted by atomic mass is 16.5. The number of rotatable bonds is 10. The minimum absolute atomic E-state index is 0.0356. The van der Waals surface area contributed by atoms with Crippen molar-refractivity contribution in [3.05, 3.63) is 54.6 Å². The van der Waals surface area contributed by atoms with Crippen LogP contribution in [-0.4, -0.2) is 63.1 Å². The molecule has 0 aromatic heterocycles. The maximum Gasteiger partial charge on any atom is 0.241 e. The van der Waals surface area contributed by atoms with Crippen LogP contribution in [0.2, 0.25) is 0 Å². The van der Waals surface area contributed by atoms with E-state index < -0.39 is 0 Å². The number of hydrogen-bond acceptors (Lipinski definition) is 5. The molecule has 3 rings (SSSR count). The Balaban J connectivity index is 1.39. The Hall–Kier alpha value is -3.06. The van der Waals surface area contributed by atoms with E-state index in [9.17, 15) is 9.59 Å². The first-order chi connectivity index (χ1) is 15.1. The number of likely N-dealkylation sites (tertiary alicyclic amines) is 1. The van der Waals surface area contributed by atoms with Gasteiger partial charge in [-0.05, 0) is 62.2 Å². The third kappa shape index (κ3) is 6.72. The molecule has 1 saturated heterocycles. The smallest absolute Gasteiger partial charge is 0.241 e. The van der Waals surface area contributed by atoms with E-state index in [1.54, 1.807) is 7.11 Å². The third-order valence-electron chi connectivity index (χ3n) is 5.56. The van der Waals surface area contributed by atoms with Crippen molar-refractivity contribution >= 4 is 23.2 Å². The lowest BCUT2D eigenvalue weighted by Gasteiger charge is -2.23. The molecule has 7 heteroatoms. The average molecular weight is 425 g/mol. The first kappa shape index (κ1) is 22.6. The highest BCUT2D eigenvalue weighted by Crippen LogP contribution is 2.20. The number of benzene rings is 2. The predicted molar refractivity (Wildman–Crippen MR) is 124 cm³/mol. The second-order valence-electron chi connectivity index (χ2n) is 7.81. The lowest BCUT2D eigenvalue weighted by molar-refractivity contribution is -0.124. The Morgan fingerprint density at radius 3 is 2.58 bits per heavy atom. The van der Waals surface area contributed by atoms with Gasteiger partial charge < -0.3 is 20.3 Å². The molecule has 1 heterocycles. The van der Waals surface area contributed by atoms with Crippen LogP contribution < -0.4 is 20.3 Å². The molecule has 0 aliphatic carbocycles. The van der Waals surface area contributed by atoms with Gasteiger partial charge in [-0.2, -0.15) is 0 Å². The molecule has 2 aromatic carbocycles. The fourth-order valence-electron chi connectivity index (χ4n) is 3.81. The maximum atomic E-state index is 12.7. The Kier molecular flexibility index (Phi) is 8.29. The SMILES string of the molecule is COc1ccc(NC(=O)C2CCCN2CC(=O)NCCCN(C)c2ccccc2)cc1. The summed E-state index contributed by atoms with van der Waals surface area (Å²) in [6.45, 7) is 2.48. The van der Waals surface area contributed by atoms with Crippen LogP contribution in [0.1, 0.15) is 19.3 Å². The van der Waals surface area contributed by atoms with Gasteiger partial charge in [0, 0.05) is 31.5 Å². The summed E-state index contributed by atoms with van der Waals surface area (Å²) in [5.41, 5.74) is 1.89. The molecule has 31 heavy (non-hydrogen) atoms. The summed E-state index contributed by atoms with van der Waals surface area (Å²) in [7, 11) is 3.66. The standard InChI is InChI=1S/C24H32N4O3/c1-27(20-8-4-3-5-9-20)16-7-15-25-23(29)18-28-17-6-10-22(28)24(30)26-19-11-13-21(31-2)14-12-19/h3-5,8-9,11-14,22H,6-7,10,15-18H2,1-2H3,(H,25,29)(H,26,30). The number of ether oxygens (including phenoxy) is 1. The second kappa shape index (κ2) is 11.4. The van der Waals surface area contributed by atoms with Crippen LogP contribution in [0.3, 0.4) is 0 Å². The second-order valence-corrected chi connectivity index (χ2v) is 7.81. The van der Waals surface area contributed by atoms with Crippen LogP contribution in [0, 0.1) is 0 Å². The van der Waals surface area contributed by atoms with Crippen molar-refractivity contribution < 1.29 is 14.3 Å². The molecule has 1 atom stereocenters. The van der Waals surface area contributed by atoms with Gasteiger partial charge in [0.05, 0.1) is 19.7 Å². The van der Waals surface area contributed by atoms with Crippen LogP contribution in [-0.2, 0) is 9.59 Å². The molecule has 2 amide bonds. The molecule has 2 aromatic rings. The molecule has 166 valence electrons. The zero-order chi connectivity index (χ0) is 22.1. The van der Waals surface area contributed by atoms with Crippen molar-refractivity contribution in [2.45, 2.75) is 25.3 Å². The summed E-state index contributed by atoms with van der Waals surface area (Å²) in [6.07, 6.45) is 2.53. The number of anilines is 2. The van der Waals surface area contributed by atoms with Crippen molar-refractivity contribution in [1.82, 2.24) is 10.2 Å². The van der Waals surface area contributed by atoms with Gasteiger partial charge >= 0.3 is 0 Å². The highest BCUT2D eigenvalue weighted by Gasteiger charge is 2.31. The monoisotopic (exact) mass is 424 g/mol. The maximum absolute atomic E-state index is 12.7. The molecule has 0 radical (unpaired) electrons. The average Bonchev–Trinajstić information content (AvgIpc) is 3.26. The summed E-state index contributed by atoms with van der Waals surface area (Å²) in [4.78, 5) is 29.2. The lowest BCUT2D eigenvalue weighted by atomic mass is 10.2. The molecule has 0 bridgehead atoms. The summed E-state index contributed by atoms with van der Waals surface area (Å²) in [6, 6.07) is 17.2. The van der Waals surface area contributed by atoms with Crippen LogP contribution in [0.25, 0.3) is 0 Å².